The second kappa shape index (κ2) is 11.5. The SMILES string of the molecule is CCNC(=NCc1nnc2ccccn12)NCC(CC(C)C)N1CCCC1.I. The van der Waals surface area contributed by atoms with Crippen molar-refractivity contribution in [2.75, 3.05) is 26.2 Å². The van der Waals surface area contributed by atoms with Gasteiger partial charge in [-0.1, -0.05) is 19.9 Å². The van der Waals surface area contributed by atoms with Gasteiger partial charge in [-0.3, -0.25) is 9.30 Å². The average Bonchev–Trinajstić information content (AvgIpc) is 3.32. The molecule has 0 aromatic carbocycles. The molecule has 1 aliphatic rings. The van der Waals surface area contributed by atoms with Crippen molar-refractivity contribution < 1.29 is 0 Å². The number of hydrogen-bond acceptors (Lipinski definition) is 4. The first-order valence-electron chi connectivity index (χ1n) is 10.2. The Balaban J connectivity index is 0.00000280. The first kappa shape index (κ1) is 22.9. The number of guanidine groups is 1. The molecule has 0 aliphatic carbocycles. The minimum Gasteiger partial charge on any atom is -0.357 e. The van der Waals surface area contributed by atoms with Gasteiger partial charge in [0.05, 0.1) is 0 Å². The van der Waals surface area contributed by atoms with E-state index < -0.39 is 0 Å². The standard InChI is InChI=1S/C20H33N7.HI/c1-4-21-20(22-14-17(13-16(2)3)26-10-7-8-11-26)23-15-19-25-24-18-9-5-6-12-27(18)19;/h5-6,9,12,16-17H,4,7-8,10-11,13-15H2,1-3H3,(H2,21,22,23);1H. The first-order chi connectivity index (χ1) is 13.2. The summed E-state index contributed by atoms with van der Waals surface area (Å²) in [6.45, 7) is 11.4. The molecule has 2 N–H and O–H groups in total. The summed E-state index contributed by atoms with van der Waals surface area (Å²) in [5, 5.41) is 15.4. The summed E-state index contributed by atoms with van der Waals surface area (Å²) >= 11 is 0. The van der Waals surface area contributed by atoms with E-state index in [9.17, 15) is 0 Å². The van der Waals surface area contributed by atoms with Gasteiger partial charge in [0.2, 0.25) is 0 Å². The van der Waals surface area contributed by atoms with Crippen LogP contribution in [0.2, 0.25) is 0 Å². The van der Waals surface area contributed by atoms with Crippen molar-refractivity contribution in [2.24, 2.45) is 10.9 Å². The van der Waals surface area contributed by atoms with Gasteiger partial charge in [0.1, 0.15) is 6.54 Å². The zero-order chi connectivity index (χ0) is 19.1. The van der Waals surface area contributed by atoms with Gasteiger partial charge in [0.15, 0.2) is 17.4 Å². The molecule has 28 heavy (non-hydrogen) atoms. The highest BCUT2D eigenvalue weighted by atomic mass is 127. The van der Waals surface area contributed by atoms with E-state index in [2.05, 4.69) is 46.5 Å². The maximum absolute atomic E-state index is 4.74. The summed E-state index contributed by atoms with van der Waals surface area (Å²) in [5.41, 5.74) is 0.853. The van der Waals surface area contributed by atoms with E-state index in [0.29, 0.717) is 18.5 Å². The second-order valence-corrected chi connectivity index (χ2v) is 7.65. The van der Waals surface area contributed by atoms with E-state index in [1.165, 1.54) is 32.4 Å². The quantitative estimate of drug-likeness (QED) is 0.332. The summed E-state index contributed by atoms with van der Waals surface area (Å²) in [6, 6.07) is 6.47. The lowest BCUT2D eigenvalue weighted by atomic mass is 10.0. The van der Waals surface area contributed by atoms with E-state index >= 15 is 0 Å². The predicted molar refractivity (Wildman–Crippen MR) is 125 cm³/mol. The predicted octanol–water partition coefficient (Wildman–Crippen LogP) is 2.91. The molecule has 3 heterocycles. The molecule has 2 aromatic rings. The van der Waals surface area contributed by atoms with Gasteiger partial charge in [-0.25, -0.2) is 4.99 Å². The van der Waals surface area contributed by atoms with E-state index in [1.807, 2.05) is 28.8 Å². The third kappa shape index (κ3) is 6.30. The van der Waals surface area contributed by atoms with Crippen molar-refractivity contribution in [3.05, 3.63) is 30.2 Å². The van der Waals surface area contributed by atoms with Crippen LogP contribution in [-0.2, 0) is 6.54 Å². The highest BCUT2D eigenvalue weighted by Gasteiger charge is 2.22. The van der Waals surface area contributed by atoms with Crippen LogP contribution in [0.1, 0.15) is 45.9 Å². The van der Waals surface area contributed by atoms with E-state index in [1.54, 1.807) is 0 Å². The Morgan fingerprint density at radius 2 is 1.96 bits per heavy atom. The molecule has 1 fully saturated rings. The fourth-order valence-corrected chi connectivity index (χ4v) is 3.72. The Hall–Kier alpha value is -1.42. The lowest BCUT2D eigenvalue weighted by Gasteiger charge is -2.29. The Morgan fingerprint density at radius 3 is 2.68 bits per heavy atom. The Kier molecular flexibility index (Phi) is 9.43. The number of pyridine rings is 1. The summed E-state index contributed by atoms with van der Waals surface area (Å²) < 4.78 is 1.98. The third-order valence-corrected chi connectivity index (χ3v) is 5.01. The highest BCUT2D eigenvalue weighted by molar-refractivity contribution is 14.0. The summed E-state index contributed by atoms with van der Waals surface area (Å²) in [7, 11) is 0. The fourth-order valence-electron chi connectivity index (χ4n) is 3.72. The molecular formula is C20H34IN7. The molecule has 0 amide bonds. The van der Waals surface area contributed by atoms with Crippen molar-refractivity contribution in [2.45, 2.75) is 52.6 Å². The van der Waals surface area contributed by atoms with E-state index in [-0.39, 0.29) is 24.0 Å². The van der Waals surface area contributed by atoms with Crippen molar-refractivity contribution >= 4 is 35.6 Å². The number of aliphatic imine (C=N–C) groups is 1. The van der Waals surface area contributed by atoms with Gasteiger partial charge in [0.25, 0.3) is 0 Å². The van der Waals surface area contributed by atoms with Crippen molar-refractivity contribution in [1.29, 1.82) is 0 Å². The van der Waals surface area contributed by atoms with E-state index in [4.69, 9.17) is 4.99 Å². The molecule has 0 radical (unpaired) electrons. The number of fused-ring (bicyclic) bond motifs is 1. The third-order valence-electron chi connectivity index (χ3n) is 5.01. The van der Waals surface area contributed by atoms with Gasteiger partial charge in [-0.2, -0.15) is 0 Å². The topological polar surface area (TPSA) is 69.8 Å². The largest absolute Gasteiger partial charge is 0.357 e. The Labute approximate surface area is 185 Å². The molecular weight excluding hydrogens is 465 g/mol. The van der Waals surface area contributed by atoms with Crippen molar-refractivity contribution in [1.82, 2.24) is 30.1 Å². The summed E-state index contributed by atoms with van der Waals surface area (Å²) in [5.74, 6) is 2.39. The number of likely N-dealkylation sites (tertiary alicyclic amines) is 1. The van der Waals surface area contributed by atoms with Gasteiger partial charge >= 0.3 is 0 Å². The molecule has 0 bridgehead atoms. The molecule has 156 valence electrons. The number of aromatic nitrogens is 3. The van der Waals surface area contributed by atoms with Crippen LogP contribution in [0.5, 0.6) is 0 Å². The molecule has 8 heteroatoms. The van der Waals surface area contributed by atoms with Crippen molar-refractivity contribution in [3.8, 4) is 0 Å². The zero-order valence-electron chi connectivity index (χ0n) is 17.3. The normalized spacial score (nSPS) is 16.4. The Morgan fingerprint density at radius 1 is 1.18 bits per heavy atom. The molecule has 2 aromatic heterocycles. The fraction of sp³-hybridized carbons (Fsp3) is 0.650. The number of nitrogens with one attached hydrogen (secondary N) is 2. The molecule has 1 atom stereocenters. The number of halogens is 1. The van der Waals surface area contributed by atoms with Crippen LogP contribution in [0.3, 0.4) is 0 Å². The second-order valence-electron chi connectivity index (χ2n) is 7.65. The van der Waals surface area contributed by atoms with Gasteiger partial charge in [0, 0.05) is 25.3 Å². The van der Waals surface area contributed by atoms with Crippen LogP contribution in [0, 0.1) is 5.92 Å². The van der Waals surface area contributed by atoms with Crippen LogP contribution in [-0.4, -0.2) is 57.7 Å². The van der Waals surface area contributed by atoms with Crippen LogP contribution >= 0.6 is 24.0 Å². The summed E-state index contributed by atoms with van der Waals surface area (Å²) in [4.78, 5) is 7.36. The number of hydrogen-bond donors (Lipinski definition) is 2. The molecule has 1 unspecified atom stereocenters. The van der Waals surface area contributed by atoms with Crippen LogP contribution in [0.15, 0.2) is 29.4 Å². The minimum atomic E-state index is 0. The monoisotopic (exact) mass is 499 g/mol. The maximum atomic E-state index is 4.74. The lowest BCUT2D eigenvalue weighted by molar-refractivity contribution is 0.213. The molecule has 3 rings (SSSR count). The van der Waals surface area contributed by atoms with Gasteiger partial charge in [-0.05, 0) is 57.3 Å². The Bertz CT molecular complexity index is 737. The van der Waals surface area contributed by atoms with E-state index in [0.717, 1.165) is 30.5 Å². The van der Waals surface area contributed by atoms with Crippen LogP contribution in [0.25, 0.3) is 5.65 Å². The van der Waals surface area contributed by atoms with Gasteiger partial charge in [-0.15, -0.1) is 34.2 Å². The lowest BCUT2D eigenvalue weighted by Crippen LogP contribution is -2.47. The first-order valence-corrected chi connectivity index (χ1v) is 10.2. The zero-order valence-corrected chi connectivity index (χ0v) is 19.6. The number of rotatable bonds is 8. The average molecular weight is 499 g/mol. The summed E-state index contributed by atoms with van der Waals surface area (Å²) in [6.07, 6.45) is 5.83. The minimum absolute atomic E-state index is 0. The smallest absolute Gasteiger partial charge is 0.191 e. The number of nitrogens with zero attached hydrogens (tertiary/aromatic N) is 5. The molecule has 7 nitrogen and oxygen atoms in total. The highest BCUT2D eigenvalue weighted by Crippen LogP contribution is 2.17. The molecule has 0 spiro atoms. The van der Waals surface area contributed by atoms with Crippen LogP contribution in [0.4, 0.5) is 0 Å². The molecule has 1 saturated heterocycles. The van der Waals surface area contributed by atoms with Crippen molar-refractivity contribution in [3.63, 3.8) is 0 Å². The van der Waals surface area contributed by atoms with Gasteiger partial charge < -0.3 is 10.6 Å². The van der Waals surface area contributed by atoms with Crippen LogP contribution < -0.4 is 10.6 Å². The maximum Gasteiger partial charge on any atom is 0.191 e. The molecule has 0 saturated carbocycles. The molecule has 1 aliphatic heterocycles.